The van der Waals surface area contributed by atoms with Gasteiger partial charge in [-0.25, -0.2) is 8.42 Å². The molecule has 0 aliphatic rings. The van der Waals surface area contributed by atoms with Crippen molar-refractivity contribution in [3.05, 3.63) is 24.3 Å². The Morgan fingerprint density at radius 2 is 1.88 bits per heavy atom. The van der Waals surface area contributed by atoms with Crippen LogP contribution in [0.3, 0.4) is 0 Å². The summed E-state index contributed by atoms with van der Waals surface area (Å²) in [7, 11) is 0.0652. The van der Waals surface area contributed by atoms with Gasteiger partial charge in [0.15, 0.2) is 9.84 Å². The number of carbonyl (C=O) groups excluding carboxylic acids is 1. The topological polar surface area (TPSA) is 98.9 Å². The van der Waals surface area contributed by atoms with Crippen molar-refractivity contribution in [1.29, 1.82) is 0 Å². The minimum absolute atomic E-state index is 0. The van der Waals surface area contributed by atoms with Gasteiger partial charge in [-0.2, -0.15) is 0 Å². The molecule has 0 radical (unpaired) electrons. The van der Waals surface area contributed by atoms with Gasteiger partial charge in [-0.1, -0.05) is 0 Å². The second-order valence-electron chi connectivity index (χ2n) is 5.56. The molecule has 0 aromatic heterocycles. The number of hydrogen-bond acceptors (Lipinski definition) is 6. The lowest BCUT2D eigenvalue weighted by atomic mass is 10.2. The number of carbonyl (C=O) groups is 1. The first-order valence-corrected chi connectivity index (χ1v) is 9.56. The zero-order chi connectivity index (χ0) is 18.2. The molecule has 0 saturated carbocycles. The molecule has 1 atom stereocenters. The standard InChI is InChI=1S/C16H26N2O5S.ClH/c1-18(16(19)11-14(12-17)22-2)9-4-10-23-13-5-7-15(8-6-13)24(3,20)21;/h5-8,14H,4,9-12,17H2,1-3H3;1H. The van der Waals surface area contributed by atoms with E-state index in [0.717, 1.165) is 6.26 Å². The van der Waals surface area contributed by atoms with Crippen LogP contribution in [0.4, 0.5) is 0 Å². The maximum atomic E-state index is 12.0. The molecule has 0 saturated heterocycles. The van der Waals surface area contributed by atoms with Crippen molar-refractivity contribution >= 4 is 28.2 Å². The van der Waals surface area contributed by atoms with Gasteiger partial charge in [-0.3, -0.25) is 4.79 Å². The SMILES string of the molecule is COC(CN)CC(=O)N(C)CCCOc1ccc(S(C)(=O)=O)cc1.Cl. The summed E-state index contributed by atoms with van der Waals surface area (Å²) in [6.45, 7) is 1.30. The molecular formula is C16H27ClN2O5S. The number of hydrogen-bond donors (Lipinski definition) is 1. The highest BCUT2D eigenvalue weighted by Gasteiger charge is 2.15. The molecule has 2 N–H and O–H groups in total. The fourth-order valence-electron chi connectivity index (χ4n) is 2.01. The normalized spacial score (nSPS) is 12.2. The van der Waals surface area contributed by atoms with Crippen molar-refractivity contribution in [2.75, 3.05) is 40.1 Å². The summed E-state index contributed by atoms with van der Waals surface area (Å²) in [5, 5.41) is 0. The van der Waals surface area contributed by atoms with Crippen LogP contribution in [-0.2, 0) is 19.4 Å². The van der Waals surface area contributed by atoms with E-state index in [0.29, 0.717) is 31.9 Å². The number of rotatable bonds is 10. The Balaban J connectivity index is 0.00000576. The summed E-state index contributed by atoms with van der Waals surface area (Å²) in [4.78, 5) is 13.8. The van der Waals surface area contributed by atoms with Gasteiger partial charge in [0.05, 0.1) is 24.0 Å². The molecule has 25 heavy (non-hydrogen) atoms. The van der Waals surface area contributed by atoms with E-state index in [1.54, 1.807) is 24.1 Å². The molecule has 0 spiro atoms. The highest BCUT2D eigenvalue weighted by atomic mass is 35.5. The molecule has 0 aliphatic heterocycles. The fourth-order valence-corrected chi connectivity index (χ4v) is 2.64. The van der Waals surface area contributed by atoms with Gasteiger partial charge in [-0.15, -0.1) is 12.4 Å². The van der Waals surface area contributed by atoms with Crippen LogP contribution in [0, 0.1) is 0 Å². The van der Waals surface area contributed by atoms with Crippen molar-refractivity contribution in [3.8, 4) is 5.75 Å². The summed E-state index contributed by atoms with van der Waals surface area (Å²) in [6.07, 6.45) is 1.83. The van der Waals surface area contributed by atoms with Crippen molar-refractivity contribution in [1.82, 2.24) is 4.90 Å². The number of nitrogens with two attached hydrogens (primary N) is 1. The summed E-state index contributed by atoms with van der Waals surface area (Å²) in [5.41, 5.74) is 5.50. The van der Waals surface area contributed by atoms with Gasteiger partial charge in [0.2, 0.25) is 5.91 Å². The Labute approximate surface area is 155 Å². The summed E-state index contributed by atoms with van der Waals surface area (Å²) >= 11 is 0. The van der Waals surface area contributed by atoms with E-state index in [9.17, 15) is 13.2 Å². The maximum absolute atomic E-state index is 12.0. The average Bonchev–Trinajstić information content (AvgIpc) is 2.55. The maximum Gasteiger partial charge on any atom is 0.224 e. The Bertz CT molecular complexity index is 618. The molecule has 1 unspecified atom stereocenters. The summed E-state index contributed by atoms with van der Waals surface area (Å²) < 4.78 is 33.4. The van der Waals surface area contributed by atoms with Crippen LogP contribution in [0.2, 0.25) is 0 Å². The van der Waals surface area contributed by atoms with E-state index >= 15 is 0 Å². The van der Waals surface area contributed by atoms with E-state index in [1.807, 2.05) is 0 Å². The Kier molecular flexibility index (Phi) is 10.7. The van der Waals surface area contributed by atoms with E-state index < -0.39 is 9.84 Å². The van der Waals surface area contributed by atoms with Gasteiger partial charge in [-0.05, 0) is 30.7 Å². The third-order valence-electron chi connectivity index (χ3n) is 3.58. The first-order chi connectivity index (χ1) is 11.3. The minimum atomic E-state index is -3.20. The van der Waals surface area contributed by atoms with Crippen LogP contribution in [0.5, 0.6) is 5.75 Å². The predicted molar refractivity (Wildman–Crippen MR) is 99.0 cm³/mol. The van der Waals surface area contributed by atoms with Crippen LogP contribution in [0.15, 0.2) is 29.2 Å². The molecule has 0 heterocycles. The van der Waals surface area contributed by atoms with E-state index in [-0.39, 0.29) is 35.7 Å². The molecule has 0 fully saturated rings. The summed E-state index contributed by atoms with van der Waals surface area (Å²) in [5.74, 6) is 0.573. The number of ether oxygens (including phenoxy) is 2. The van der Waals surface area contributed by atoms with Crippen molar-refractivity contribution < 1.29 is 22.7 Å². The third kappa shape index (κ3) is 8.53. The van der Waals surface area contributed by atoms with E-state index in [2.05, 4.69) is 0 Å². The molecule has 0 aliphatic carbocycles. The number of methoxy groups -OCH3 is 1. The minimum Gasteiger partial charge on any atom is -0.494 e. The van der Waals surface area contributed by atoms with Crippen LogP contribution in [0.25, 0.3) is 0 Å². The molecule has 144 valence electrons. The van der Waals surface area contributed by atoms with Crippen molar-refractivity contribution in [2.45, 2.75) is 23.8 Å². The molecule has 0 bridgehead atoms. The van der Waals surface area contributed by atoms with Gasteiger partial charge < -0.3 is 20.1 Å². The second kappa shape index (κ2) is 11.3. The van der Waals surface area contributed by atoms with Gasteiger partial charge >= 0.3 is 0 Å². The zero-order valence-corrected chi connectivity index (χ0v) is 16.4. The highest BCUT2D eigenvalue weighted by molar-refractivity contribution is 7.90. The number of sulfone groups is 1. The lowest BCUT2D eigenvalue weighted by Crippen LogP contribution is -2.34. The van der Waals surface area contributed by atoms with Gasteiger partial charge in [0.1, 0.15) is 5.75 Å². The lowest BCUT2D eigenvalue weighted by Gasteiger charge is -2.20. The predicted octanol–water partition coefficient (Wildman–Crippen LogP) is 1.10. The highest BCUT2D eigenvalue weighted by Crippen LogP contribution is 2.16. The average molecular weight is 395 g/mol. The summed E-state index contributed by atoms with van der Waals surface area (Å²) in [6, 6.07) is 6.27. The number of amides is 1. The number of nitrogens with zero attached hydrogens (tertiary/aromatic N) is 1. The van der Waals surface area contributed by atoms with Crippen molar-refractivity contribution in [2.24, 2.45) is 5.73 Å². The number of halogens is 1. The molecule has 1 rings (SSSR count). The molecule has 1 amide bonds. The first kappa shape index (κ1) is 23.6. The Morgan fingerprint density at radius 3 is 2.36 bits per heavy atom. The zero-order valence-electron chi connectivity index (χ0n) is 14.8. The van der Waals surface area contributed by atoms with E-state index in [1.165, 1.54) is 19.2 Å². The second-order valence-corrected chi connectivity index (χ2v) is 7.57. The molecular weight excluding hydrogens is 368 g/mol. The largest absolute Gasteiger partial charge is 0.494 e. The quantitative estimate of drug-likeness (QED) is 0.596. The van der Waals surface area contributed by atoms with Gasteiger partial charge in [0, 0.05) is 33.5 Å². The van der Waals surface area contributed by atoms with E-state index in [4.69, 9.17) is 15.2 Å². The van der Waals surface area contributed by atoms with Crippen LogP contribution >= 0.6 is 12.4 Å². The van der Waals surface area contributed by atoms with Crippen LogP contribution in [0.1, 0.15) is 12.8 Å². The van der Waals surface area contributed by atoms with Crippen LogP contribution in [-0.4, -0.2) is 65.4 Å². The molecule has 9 heteroatoms. The smallest absolute Gasteiger partial charge is 0.224 e. The third-order valence-corrected chi connectivity index (χ3v) is 4.71. The van der Waals surface area contributed by atoms with Crippen molar-refractivity contribution in [3.63, 3.8) is 0 Å². The number of benzene rings is 1. The van der Waals surface area contributed by atoms with Crippen LogP contribution < -0.4 is 10.5 Å². The first-order valence-electron chi connectivity index (χ1n) is 7.67. The molecule has 7 nitrogen and oxygen atoms in total. The van der Waals surface area contributed by atoms with Gasteiger partial charge in [0.25, 0.3) is 0 Å². The monoisotopic (exact) mass is 394 g/mol. The Hall–Kier alpha value is -1.35. The Morgan fingerprint density at radius 1 is 1.28 bits per heavy atom. The molecule has 1 aromatic carbocycles. The lowest BCUT2D eigenvalue weighted by molar-refractivity contribution is -0.132. The fraction of sp³-hybridized carbons (Fsp3) is 0.562. The molecule has 1 aromatic rings.